The molecule has 0 saturated carbocycles. The normalized spacial score (nSPS) is 31.5. The zero-order chi connectivity index (χ0) is 22.3. The zero-order valence-electron chi connectivity index (χ0n) is 16.8. The number of nitrogens with zero attached hydrogens (tertiary/aromatic N) is 1. The molecule has 1 saturated heterocycles. The minimum absolute atomic E-state index is 0.100. The van der Waals surface area contributed by atoms with Crippen LogP contribution in [0.1, 0.15) is 20.8 Å². The van der Waals surface area contributed by atoms with Gasteiger partial charge in [0.2, 0.25) is 0 Å². The molecule has 0 aromatic carbocycles. The van der Waals surface area contributed by atoms with Crippen molar-refractivity contribution in [3.63, 3.8) is 0 Å². The van der Waals surface area contributed by atoms with E-state index in [0.717, 1.165) is 0 Å². The highest BCUT2D eigenvalue weighted by molar-refractivity contribution is 8.13. The average Bonchev–Trinajstić information content (AvgIpc) is 2.65. The molecule has 0 aromatic rings. The lowest BCUT2D eigenvalue weighted by Gasteiger charge is -2.44. The van der Waals surface area contributed by atoms with E-state index >= 15 is 0 Å². The van der Waals surface area contributed by atoms with E-state index in [-0.39, 0.29) is 11.7 Å². The fourth-order valence-corrected chi connectivity index (χ4v) is 3.44. The second-order valence-electron chi connectivity index (χ2n) is 6.18. The number of aliphatic imine (C=N–C) groups is 1. The molecular weight excluding hydrogens is 438 g/mol. The molecule has 0 radical (unpaired) electrons. The Balaban J connectivity index is 2.39. The number of thiocarbonyl (C=S) groups is 1. The van der Waals surface area contributed by atoms with Crippen LogP contribution in [0.5, 0.6) is 0 Å². The molecule has 2 N–H and O–H groups in total. The van der Waals surface area contributed by atoms with Gasteiger partial charge in [0.15, 0.2) is 29.7 Å². The largest absolute Gasteiger partial charge is 0.463 e. The van der Waals surface area contributed by atoms with Crippen LogP contribution in [0.4, 0.5) is 0 Å². The molecule has 2 aliphatic heterocycles. The molecule has 5 atom stereocenters. The first-order chi connectivity index (χ1) is 14.2. The average molecular weight is 462 g/mol. The number of nitrogens with one attached hydrogen (secondary N) is 2. The zero-order valence-corrected chi connectivity index (χ0v) is 18.4. The van der Waals surface area contributed by atoms with Gasteiger partial charge in [0.25, 0.3) is 0 Å². The van der Waals surface area contributed by atoms with E-state index in [4.69, 9.17) is 36.0 Å². The van der Waals surface area contributed by atoms with Gasteiger partial charge in [0.1, 0.15) is 17.8 Å². The first-order valence-corrected chi connectivity index (χ1v) is 10.5. The molecule has 2 aliphatic rings. The lowest BCUT2D eigenvalue weighted by Crippen LogP contribution is -2.66. The molecule has 11 nitrogen and oxygen atoms in total. The number of rotatable bonds is 4. The number of ether oxygens (including phenoxy) is 4. The van der Waals surface area contributed by atoms with Gasteiger partial charge in [-0.15, -0.1) is 11.8 Å². The summed E-state index contributed by atoms with van der Waals surface area (Å²) in [5.74, 6) is -1.83. The summed E-state index contributed by atoms with van der Waals surface area (Å²) in [7, 11) is 0. The molecule has 30 heavy (non-hydrogen) atoms. The maximum atomic E-state index is 11.8. The third-order valence-electron chi connectivity index (χ3n) is 3.87. The lowest BCUT2D eigenvalue weighted by atomic mass is 9.97. The summed E-state index contributed by atoms with van der Waals surface area (Å²) >= 11 is 6.62. The number of hydrogen-bond donors (Lipinski definition) is 2. The van der Waals surface area contributed by atoms with Crippen LogP contribution in [-0.4, -0.2) is 71.6 Å². The van der Waals surface area contributed by atoms with Crippen molar-refractivity contribution in [3.8, 4) is 0 Å². The molecular formula is C17H23N3O8S2. The Kier molecular flexibility index (Phi) is 9.02. The predicted octanol–water partition coefficient (Wildman–Crippen LogP) is 0.191. The third kappa shape index (κ3) is 6.93. The molecule has 0 bridgehead atoms. The molecule has 5 unspecified atom stereocenters. The highest BCUT2D eigenvalue weighted by Gasteiger charge is 2.51. The van der Waals surface area contributed by atoms with Crippen molar-refractivity contribution in [3.05, 3.63) is 12.3 Å². The number of carbonyl (C=O) groups excluding carboxylic acids is 3. The van der Waals surface area contributed by atoms with Crippen molar-refractivity contribution >= 4 is 52.0 Å². The Bertz CT molecular complexity index is 745. The summed E-state index contributed by atoms with van der Waals surface area (Å²) in [5, 5.41) is 3.59. The van der Waals surface area contributed by atoms with Gasteiger partial charge < -0.3 is 24.3 Å². The number of esters is 3. The van der Waals surface area contributed by atoms with Crippen molar-refractivity contribution in [1.29, 1.82) is 0 Å². The predicted molar refractivity (Wildman–Crippen MR) is 110 cm³/mol. The van der Waals surface area contributed by atoms with Gasteiger partial charge >= 0.3 is 17.9 Å². The Labute approximate surface area is 182 Å². The summed E-state index contributed by atoms with van der Waals surface area (Å²) < 4.78 is 21.7. The smallest absolute Gasteiger partial charge is 0.303 e. The topological polar surface area (TPSA) is 134 Å². The van der Waals surface area contributed by atoms with E-state index in [0.29, 0.717) is 5.04 Å². The van der Waals surface area contributed by atoms with E-state index in [2.05, 4.69) is 15.8 Å². The lowest BCUT2D eigenvalue weighted by molar-refractivity contribution is -0.266. The monoisotopic (exact) mass is 461 g/mol. The number of carbonyl (C=O) groups is 3. The van der Waals surface area contributed by atoms with Crippen LogP contribution in [0.2, 0.25) is 0 Å². The van der Waals surface area contributed by atoms with Crippen LogP contribution in [-0.2, 0) is 38.2 Å². The highest BCUT2D eigenvalue weighted by atomic mass is 32.2. The molecule has 166 valence electrons. The molecule has 13 heteroatoms. The first kappa shape index (κ1) is 24.1. The molecule has 0 aliphatic carbocycles. The third-order valence-corrected chi connectivity index (χ3v) is 4.73. The van der Waals surface area contributed by atoms with Crippen LogP contribution in [0.25, 0.3) is 0 Å². The quantitative estimate of drug-likeness (QED) is 0.336. The Hall–Kier alpha value is -2.22. The Morgan fingerprint density at radius 2 is 1.83 bits per heavy atom. The van der Waals surface area contributed by atoms with E-state index in [9.17, 15) is 14.4 Å². The van der Waals surface area contributed by atoms with Crippen molar-refractivity contribution < 1.29 is 38.2 Å². The number of fused-ring (bicyclic) bond motifs is 1. The molecule has 0 amide bonds. The van der Waals surface area contributed by atoms with E-state index < -0.39 is 48.6 Å². The number of thioether (sulfide) groups is 1. The Morgan fingerprint density at radius 1 is 1.17 bits per heavy atom. The number of hydrogen-bond acceptors (Lipinski definition) is 11. The number of hydroxylamine groups is 1. The van der Waals surface area contributed by atoms with Crippen molar-refractivity contribution in [1.82, 2.24) is 10.8 Å². The van der Waals surface area contributed by atoms with Crippen molar-refractivity contribution in [2.45, 2.75) is 51.4 Å². The van der Waals surface area contributed by atoms with E-state index in [1.54, 1.807) is 6.08 Å². The summed E-state index contributed by atoms with van der Waals surface area (Å²) in [5.41, 5.74) is 2.62. The fraction of sp³-hybridized carbons (Fsp3) is 0.588. The van der Waals surface area contributed by atoms with Crippen molar-refractivity contribution in [2.75, 3.05) is 12.9 Å². The van der Waals surface area contributed by atoms with Gasteiger partial charge in [-0.1, -0.05) is 0 Å². The van der Waals surface area contributed by atoms with Crippen LogP contribution in [0.15, 0.2) is 17.3 Å². The summed E-state index contributed by atoms with van der Waals surface area (Å²) in [6, 6.07) is 0. The minimum Gasteiger partial charge on any atom is -0.463 e. The Morgan fingerprint density at radius 3 is 2.43 bits per heavy atom. The molecule has 2 heterocycles. The molecule has 0 spiro atoms. The van der Waals surface area contributed by atoms with Gasteiger partial charge in [-0.05, 0) is 24.5 Å². The van der Waals surface area contributed by atoms with Gasteiger partial charge in [-0.25, -0.2) is 4.99 Å². The maximum Gasteiger partial charge on any atom is 0.303 e. The molecule has 2 rings (SSSR count). The fourth-order valence-electron chi connectivity index (χ4n) is 2.78. The van der Waals surface area contributed by atoms with Crippen molar-refractivity contribution in [2.24, 2.45) is 4.99 Å². The van der Waals surface area contributed by atoms with E-state index in [1.807, 2.05) is 6.26 Å². The molecule has 0 aromatic heterocycles. The van der Waals surface area contributed by atoms with Gasteiger partial charge in [-0.3, -0.25) is 24.7 Å². The van der Waals surface area contributed by atoms with Gasteiger partial charge in [-0.2, -0.15) is 0 Å². The standard InChI is InChI=1S/C17H23N3O8S2/c1-8(21)24-7-11-13(25-9(2)22)14(26-10(3)23)15-16(27-11)20-17(29)19-12(30-4)5-6-18-28-15/h5-6,11,13-16,18H,7H2,1-4H3,(H,20,29)/b6-5-,19-12+. The maximum absolute atomic E-state index is 11.8. The second-order valence-corrected chi connectivity index (χ2v) is 7.40. The summed E-state index contributed by atoms with van der Waals surface area (Å²) in [4.78, 5) is 44.6. The summed E-state index contributed by atoms with van der Waals surface area (Å²) in [6.07, 6.45) is -0.210. The van der Waals surface area contributed by atoms with Gasteiger partial charge in [0.05, 0.1) is 0 Å². The summed E-state index contributed by atoms with van der Waals surface area (Å²) in [6.45, 7) is 3.37. The first-order valence-electron chi connectivity index (χ1n) is 8.85. The van der Waals surface area contributed by atoms with Crippen LogP contribution in [0.3, 0.4) is 0 Å². The van der Waals surface area contributed by atoms with E-state index in [1.165, 1.54) is 38.7 Å². The molecule has 1 fully saturated rings. The minimum atomic E-state index is -1.11. The SMILES string of the molecule is CSC1=N/C(=S)NC2OC(COC(C)=O)C(OC(C)=O)C(OC(C)=O)C2ON/C=C\1. The highest BCUT2D eigenvalue weighted by Crippen LogP contribution is 2.28. The van der Waals surface area contributed by atoms with Crippen LogP contribution >= 0.6 is 24.0 Å². The van der Waals surface area contributed by atoms with Crippen LogP contribution < -0.4 is 10.8 Å². The van der Waals surface area contributed by atoms with Gasteiger partial charge in [0, 0.05) is 27.0 Å². The second kappa shape index (κ2) is 11.2. The van der Waals surface area contributed by atoms with Crippen LogP contribution in [0, 0.1) is 0 Å².